The molecule has 0 radical (unpaired) electrons. The molecule has 0 saturated carbocycles. The first-order valence-corrected chi connectivity index (χ1v) is 9.14. The van der Waals surface area contributed by atoms with Crippen LogP contribution in [0.25, 0.3) is 11.4 Å². The number of aryl methyl sites for hydroxylation is 2. The van der Waals surface area contributed by atoms with Crippen LogP contribution >= 0.6 is 11.6 Å². The molecule has 2 aromatic carbocycles. The van der Waals surface area contributed by atoms with Gasteiger partial charge in [-0.25, -0.2) is 0 Å². The fourth-order valence-electron chi connectivity index (χ4n) is 2.68. The first-order valence-electron chi connectivity index (χ1n) is 8.76. The summed E-state index contributed by atoms with van der Waals surface area (Å²) in [4.78, 5) is 15.7. The van der Waals surface area contributed by atoms with Crippen molar-refractivity contribution >= 4 is 23.2 Å². The molecular formula is C20H19ClN6O. The zero-order chi connectivity index (χ0) is 20.1. The summed E-state index contributed by atoms with van der Waals surface area (Å²) in [6, 6.07) is 14.9. The molecule has 1 heterocycles. The van der Waals surface area contributed by atoms with Gasteiger partial charge in [-0.2, -0.15) is 10.1 Å². The van der Waals surface area contributed by atoms with Crippen molar-refractivity contribution in [3.8, 4) is 17.5 Å². The lowest BCUT2D eigenvalue weighted by atomic mass is 10.1. The monoisotopic (exact) mass is 394 g/mol. The Hall–Kier alpha value is -3.24. The van der Waals surface area contributed by atoms with Crippen LogP contribution in [0, 0.1) is 25.2 Å². The Bertz CT molecular complexity index is 1020. The van der Waals surface area contributed by atoms with E-state index in [0.717, 1.165) is 22.4 Å². The van der Waals surface area contributed by atoms with Crippen molar-refractivity contribution in [1.82, 2.24) is 20.2 Å². The van der Waals surface area contributed by atoms with E-state index in [9.17, 15) is 4.79 Å². The highest BCUT2D eigenvalue weighted by Gasteiger charge is 2.18. The molecule has 0 bridgehead atoms. The first kappa shape index (κ1) is 19.5. The van der Waals surface area contributed by atoms with Gasteiger partial charge >= 0.3 is 0 Å². The maximum atomic E-state index is 12.9. The summed E-state index contributed by atoms with van der Waals surface area (Å²) in [7, 11) is 0. The Morgan fingerprint density at radius 2 is 1.93 bits per heavy atom. The normalized spacial score (nSPS) is 10.5. The van der Waals surface area contributed by atoms with Crippen LogP contribution in [0.5, 0.6) is 0 Å². The summed E-state index contributed by atoms with van der Waals surface area (Å²) in [5, 5.41) is 21.8. The first-order chi connectivity index (χ1) is 13.5. The summed E-state index contributed by atoms with van der Waals surface area (Å²) in [6.07, 6.45) is 0.236. The van der Waals surface area contributed by atoms with E-state index in [1.54, 1.807) is 29.2 Å². The van der Waals surface area contributed by atoms with Crippen LogP contribution < -0.4 is 4.90 Å². The number of nitrogens with zero attached hydrogens (tertiary/aromatic N) is 6. The molecule has 0 spiro atoms. The van der Waals surface area contributed by atoms with Gasteiger partial charge in [0.15, 0.2) is 0 Å². The second-order valence-electron chi connectivity index (χ2n) is 6.37. The van der Waals surface area contributed by atoms with Crippen LogP contribution in [0.1, 0.15) is 17.5 Å². The molecule has 0 fully saturated rings. The number of aromatic nitrogens is 4. The highest BCUT2D eigenvalue weighted by molar-refractivity contribution is 6.30. The smallest absolute Gasteiger partial charge is 0.250 e. The number of anilines is 1. The lowest BCUT2D eigenvalue weighted by Crippen LogP contribution is -2.35. The minimum Gasteiger partial charge on any atom is -0.310 e. The topological polar surface area (TPSA) is 87.7 Å². The number of halogens is 1. The summed E-state index contributed by atoms with van der Waals surface area (Å²) < 4.78 is 0. The quantitative estimate of drug-likeness (QED) is 0.637. The maximum absolute atomic E-state index is 12.9. The molecule has 0 unspecified atom stereocenters. The van der Waals surface area contributed by atoms with Crippen molar-refractivity contribution in [2.45, 2.75) is 26.8 Å². The number of hydrogen-bond acceptors (Lipinski definition) is 5. The van der Waals surface area contributed by atoms with Crippen molar-refractivity contribution in [1.29, 1.82) is 5.26 Å². The second-order valence-corrected chi connectivity index (χ2v) is 6.81. The Balaban J connectivity index is 1.79. The molecule has 0 saturated heterocycles. The van der Waals surface area contributed by atoms with E-state index < -0.39 is 0 Å². The summed E-state index contributed by atoms with van der Waals surface area (Å²) in [6.45, 7) is 4.23. The molecule has 7 nitrogen and oxygen atoms in total. The zero-order valence-electron chi connectivity index (χ0n) is 15.6. The van der Waals surface area contributed by atoms with Crippen LogP contribution in [-0.2, 0) is 11.3 Å². The summed E-state index contributed by atoms with van der Waals surface area (Å²) in [5.41, 5.74) is 3.73. The summed E-state index contributed by atoms with van der Waals surface area (Å²) in [5.74, 6) is 0.206. The van der Waals surface area contributed by atoms with E-state index in [1.807, 2.05) is 32.0 Å². The minimum absolute atomic E-state index is 0.0705. The van der Waals surface area contributed by atoms with Crippen LogP contribution in [0.3, 0.4) is 0 Å². The third-order valence-electron chi connectivity index (χ3n) is 4.38. The molecule has 142 valence electrons. The molecular weight excluding hydrogens is 376 g/mol. The number of tetrazole rings is 1. The van der Waals surface area contributed by atoms with Crippen molar-refractivity contribution in [3.05, 3.63) is 58.6 Å². The standard InChI is InChI=1S/C20H19ClN6O/c1-14-4-9-18(12-15(14)2)26(11-3-10-22)19(28)13-27-24-20(23-25-27)16-5-7-17(21)8-6-16/h4-9,12H,3,11,13H2,1-2H3. The fraction of sp³-hybridized carbons (Fsp3) is 0.250. The highest BCUT2D eigenvalue weighted by Crippen LogP contribution is 2.20. The van der Waals surface area contributed by atoms with Gasteiger partial charge in [-0.1, -0.05) is 17.7 Å². The van der Waals surface area contributed by atoms with E-state index in [4.69, 9.17) is 16.9 Å². The SMILES string of the molecule is Cc1ccc(N(CCC#N)C(=O)Cn2nnc(-c3ccc(Cl)cc3)n2)cc1C. The Morgan fingerprint density at radius 3 is 2.61 bits per heavy atom. The van der Waals surface area contributed by atoms with E-state index in [1.165, 1.54) is 4.80 Å². The molecule has 28 heavy (non-hydrogen) atoms. The molecule has 0 aliphatic rings. The van der Waals surface area contributed by atoms with Crippen LogP contribution in [0.2, 0.25) is 5.02 Å². The van der Waals surface area contributed by atoms with Crippen molar-refractivity contribution in [3.63, 3.8) is 0 Å². The Kier molecular flexibility index (Phi) is 6.02. The van der Waals surface area contributed by atoms with Gasteiger partial charge < -0.3 is 4.90 Å². The van der Waals surface area contributed by atoms with E-state index in [-0.39, 0.29) is 18.9 Å². The molecule has 0 N–H and O–H groups in total. The number of benzene rings is 2. The van der Waals surface area contributed by atoms with E-state index in [0.29, 0.717) is 17.4 Å². The number of amides is 1. The summed E-state index contributed by atoms with van der Waals surface area (Å²) >= 11 is 5.89. The largest absolute Gasteiger partial charge is 0.310 e. The molecule has 3 rings (SSSR count). The van der Waals surface area contributed by atoms with Gasteiger partial charge in [0.25, 0.3) is 5.91 Å². The van der Waals surface area contributed by atoms with Crippen molar-refractivity contribution < 1.29 is 4.79 Å². The minimum atomic E-state index is -0.210. The van der Waals surface area contributed by atoms with Gasteiger partial charge in [0, 0.05) is 22.8 Å². The maximum Gasteiger partial charge on any atom is 0.250 e. The van der Waals surface area contributed by atoms with Crippen molar-refractivity contribution in [2.75, 3.05) is 11.4 Å². The molecule has 0 atom stereocenters. The molecule has 3 aromatic rings. The second kappa shape index (κ2) is 8.63. The van der Waals surface area contributed by atoms with Gasteiger partial charge in [-0.15, -0.1) is 10.2 Å². The Labute approximate surface area is 168 Å². The highest BCUT2D eigenvalue weighted by atomic mass is 35.5. The predicted molar refractivity (Wildman–Crippen MR) is 107 cm³/mol. The molecule has 0 aliphatic carbocycles. The lowest BCUT2D eigenvalue weighted by molar-refractivity contribution is -0.119. The predicted octanol–water partition coefficient (Wildman–Crippen LogP) is 3.56. The molecule has 8 heteroatoms. The van der Waals surface area contributed by atoms with Gasteiger partial charge in [0.05, 0.1) is 12.5 Å². The van der Waals surface area contributed by atoms with Gasteiger partial charge in [-0.3, -0.25) is 4.79 Å². The number of carbonyl (C=O) groups is 1. The fourth-order valence-corrected chi connectivity index (χ4v) is 2.81. The van der Waals surface area contributed by atoms with Crippen molar-refractivity contribution in [2.24, 2.45) is 0 Å². The Morgan fingerprint density at radius 1 is 1.18 bits per heavy atom. The van der Waals surface area contributed by atoms with Gasteiger partial charge in [0.1, 0.15) is 6.54 Å². The number of rotatable bonds is 6. The molecule has 0 aliphatic heterocycles. The van der Waals surface area contributed by atoms with Crippen LogP contribution in [-0.4, -0.2) is 32.7 Å². The average molecular weight is 395 g/mol. The number of carbonyl (C=O) groups excluding carboxylic acids is 1. The van der Waals surface area contributed by atoms with Crippen LogP contribution in [0.4, 0.5) is 5.69 Å². The number of hydrogen-bond donors (Lipinski definition) is 0. The third-order valence-corrected chi connectivity index (χ3v) is 4.63. The zero-order valence-corrected chi connectivity index (χ0v) is 16.4. The van der Waals surface area contributed by atoms with E-state index in [2.05, 4.69) is 21.5 Å². The molecule has 1 amide bonds. The number of nitriles is 1. The lowest BCUT2D eigenvalue weighted by Gasteiger charge is -2.22. The third kappa shape index (κ3) is 4.53. The van der Waals surface area contributed by atoms with Gasteiger partial charge in [0.2, 0.25) is 5.82 Å². The van der Waals surface area contributed by atoms with E-state index >= 15 is 0 Å². The average Bonchev–Trinajstić information content (AvgIpc) is 3.14. The molecule has 1 aromatic heterocycles. The van der Waals surface area contributed by atoms with Crippen LogP contribution in [0.15, 0.2) is 42.5 Å². The van der Waals surface area contributed by atoms with Gasteiger partial charge in [-0.05, 0) is 66.6 Å².